The molecule has 1 spiro atoms. The zero-order valence-corrected chi connectivity index (χ0v) is 30.7. The van der Waals surface area contributed by atoms with E-state index in [9.17, 15) is 19.2 Å². The van der Waals surface area contributed by atoms with E-state index in [1.807, 2.05) is 33.8 Å². The minimum Gasteiger partial charge on any atom is -0.492 e. The third kappa shape index (κ3) is 9.33. The van der Waals surface area contributed by atoms with Gasteiger partial charge in [0.15, 0.2) is 0 Å². The Balaban J connectivity index is 1.49. The molecule has 2 aliphatic heterocycles. The number of ether oxygens (including phenoxy) is 2. The molecule has 0 bridgehead atoms. The Morgan fingerprint density at radius 1 is 1.06 bits per heavy atom. The molecule has 2 aliphatic rings. The largest absolute Gasteiger partial charge is 0.492 e. The number of piperidine rings is 1. The van der Waals surface area contributed by atoms with Gasteiger partial charge in [-0.05, 0) is 84.8 Å². The van der Waals surface area contributed by atoms with Crippen molar-refractivity contribution in [3.63, 3.8) is 0 Å². The van der Waals surface area contributed by atoms with Gasteiger partial charge in [-0.25, -0.2) is 4.79 Å². The average Bonchev–Trinajstić information content (AvgIpc) is 3.45. The fourth-order valence-electron chi connectivity index (χ4n) is 6.73. The molecule has 1 aromatic heterocycles. The van der Waals surface area contributed by atoms with Crippen molar-refractivity contribution in [2.75, 3.05) is 53.9 Å². The molecular weight excluding hydrogens is 626 g/mol. The summed E-state index contributed by atoms with van der Waals surface area (Å²) in [6.45, 7) is 11.8. The second-order valence-corrected chi connectivity index (χ2v) is 14.7. The van der Waals surface area contributed by atoms with E-state index in [4.69, 9.17) is 14.0 Å². The SMILES string of the molecule is CCc1noc(C)c1C(=O)N(C)CCC[C@H]1C(=O)N(C)CCCCC2(CCN(C(=O)OC(C)(C)C)CC2)COc2ccccc2C(=O)N1C. The number of likely N-dealkylation sites (N-methyl/N-ethyl adjacent to an activating group) is 2. The van der Waals surface area contributed by atoms with Crippen LogP contribution in [0.3, 0.4) is 0 Å². The summed E-state index contributed by atoms with van der Waals surface area (Å²) in [5.74, 6) is 0.356. The third-order valence-electron chi connectivity index (χ3n) is 9.83. The predicted molar refractivity (Wildman–Crippen MR) is 186 cm³/mol. The number of carbonyl (C=O) groups excluding carboxylic acids is 4. The number of likely N-dealkylation sites (tertiary alicyclic amines) is 1. The Bertz CT molecular complexity index is 1470. The smallest absolute Gasteiger partial charge is 0.410 e. The highest BCUT2D eigenvalue weighted by molar-refractivity contribution is 5.99. The summed E-state index contributed by atoms with van der Waals surface area (Å²) in [7, 11) is 5.19. The number of nitrogens with zero attached hydrogens (tertiary/aromatic N) is 5. The monoisotopic (exact) mass is 681 g/mol. The quantitative estimate of drug-likeness (QED) is 0.387. The van der Waals surface area contributed by atoms with Crippen LogP contribution in [0.4, 0.5) is 4.79 Å². The molecule has 0 saturated carbocycles. The van der Waals surface area contributed by atoms with E-state index in [0.29, 0.717) is 80.4 Å². The number of benzene rings is 1. The third-order valence-corrected chi connectivity index (χ3v) is 9.83. The summed E-state index contributed by atoms with van der Waals surface area (Å²) in [4.78, 5) is 60.7. The highest BCUT2D eigenvalue weighted by Gasteiger charge is 2.39. The molecule has 4 rings (SSSR count). The van der Waals surface area contributed by atoms with Crippen LogP contribution in [0.1, 0.15) is 105 Å². The van der Waals surface area contributed by atoms with Gasteiger partial charge in [0.05, 0.1) is 17.9 Å². The molecule has 1 saturated heterocycles. The molecule has 12 heteroatoms. The van der Waals surface area contributed by atoms with Gasteiger partial charge in [0, 0.05) is 52.7 Å². The number of carbonyl (C=O) groups is 4. The number of aryl methyl sites for hydroxylation is 2. The first-order valence-electron chi connectivity index (χ1n) is 17.6. The summed E-state index contributed by atoms with van der Waals surface area (Å²) in [5.41, 5.74) is 0.768. The van der Waals surface area contributed by atoms with Gasteiger partial charge in [0.2, 0.25) is 5.91 Å². The molecule has 1 fully saturated rings. The van der Waals surface area contributed by atoms with Crippen LogP contribution in [0.25, 0.3) is 0 Å². The molecular formula is C37H55N5O7. The van der Waals surface area contributed by atoms with Crippen LogP contribution >= 0.6 is 0 Å². The Labute approximate surface area is 291 Å². The highest BCUT2D eigenvalue weighted by atomic mass is 16.6. The fraction of sp³-hybridized carbons (Fsp3) is 0.649. The molecule has 270 valence electrons. The summed E-state index contributed by atoms with van der Waals surface area (Å²) >= 11 is 0. The number of fused-ring (bicyclic) bond motifs is 1. The number of amides is 4. The Kier molecular flexibility index (Phi) is 12.4. The van der Waals surface area contributed by atoms with Gasteiger partial charge in [0.25, 0.3) is 11.8 Å². The normalized spacial score (nSPS) is 19.3. The van der Waals surface area contributed by atoms with Gasteiger partial charge < -0.3 is 33.6 Å². The Morgan fingerprint density at radius 3 is 2.43 bits per heavy atom. The first-order chi connectivity index (χ1) is 23.2. The molecule has 0 unspecified atom stereocenters. The number of hydrogen-bond donors (Lipinski definition) is 0. The summed E-state index contributed by atoms with van der Waals surface area (Å²) < 4.78 is 17.3. The molecule has 4 amide bonds. The number of aromatic nitrogens is 1. The van der Waals surface area contributed by atoms with Crippen LogP contribution in [-0.4, -0.2) is 114 Å². The van der Waals surface area contributed by atoms with E-state index in [1.54, 1.807) is 61.0 Å². The zero-order chi connectivity index (χ0) is 35.9. The minimum atomic E-state index is -0.718. The van der Waals surface area contributed by atoms with Crippen molar-refractivity contribution in [3.05, 3.63) is 46.8 Å². The van der Waals surface area contributed by atoms with Crippen LogP contribution in [0.15, 0.2) is 28.8 Å². The van der Waals surface area contributed by atoms with Gasteiger partial charge in [-0.2, -0.15) is 0 Å². The second-order valence-electron chi connectivity index (χ2n) is 14.7. The summed E-state index contributed by atoms with van der Waals surface area (Å²) in [6.07, 6.45) is 5.26. The lowest BCUT2D eigenvalue weighted by molar-refractivity contribution is -0.134. The topological polar surface area (TPSA) is 126 Å². The molecule has 12 nitrogen and oxygen atoms in total. The molecule has 2 aromatic rings. The van der Waals surface area contributed by atoms with Crippen LogP contribution < -0.4 is 4.74 Å². The lowest BCUT2D eigenvalue weighted by Gasteiger charge is -2.42. The lowest BCUT2D eigenvalue weighted by atomic mass is 9.75. The fourth-order valence-corrected chi connectivity index (χ4v) is 6.73. The lowest BCUT2D eigenvalue weighted by Crippen LogP contribution is -2.49. The van der Waals surface area contributed by atoms with Crippen molar-refractivity contribution in [3.8, 4) is 5.75 Å². The van der Waals surface area contributed by atoms with Crippen LogP contribution in [0.2, 0.25) is 0 Å². The van der Waals surface area contributed by atoms with Crippen molar-refractivity contribution >= 4 is 23.8 Å². The van der Waals surface area contributed by atoms with Gasteiger partial charge >= 0.3 is 6.09 Å². The van der Waals surface area contributed by atoms with Crippen molar-refractivity contribution in [2.45, 2.75) is 97.6 Å². The molecule has 1 aromatic carbocycles. The Hall–Kier alpha value is -4.09. The maximum absolute atomic E-state index is 14.1. The molecule has 0 N–H and O–H groups in total. The van der Waals surface area contributed by atoms with E-state index in [2.05, 4.69) is 5.16 Å². The number of para-hydroxylation sites is 1. The van der Waals surface area contributed by atoms with Gasteiger partial charge in [0.1, 0.15) is 28.7 Å². The van der Waals surface area contributed by atoms with E-state index < -0.39 is 11.6 Å². The number of hydrogen-bond acceptors (Lipinski definition) is 8. The number of rotatable bonds is 6. The summed E-state index contributed by atoms with van der Waals surface area (Å²) in [5, 5.41) is 4.01. The summed E-state index contributed by atoms with van der Waals surface area (Å²) in [6, 6.07) is 6.47. The predicted octanol–water partition coefficient (Wildman–Crippen LogP) is 5.58. The molecule has 3 heterocycles. The maximum atomic E-state index is 14.1. The van der Waals surface area contributed by atoms with Crippen molar-refractivity contribution in [1.29, 1.82) is 0 Å². The minimum absolute atomic E-state index is 0.135. The molecule has 49 heavy (non-hydrogen) atoms. The van der Waals surface area contributed by atoms with Gasteiger partial charge in [-0.3, -0.25) is 14.4 Å². The van der Waals surface area contributed by atoms with E-state index in [-0.39, 0.29) is 29.2 Å². The maximum Gasteiger partial charge on any atom is 0.410 e. The van der Waals surface area contributed by atoms with Gasteiger partial charge in [-0.15, -0.1) is 0 Å². The van der Waals surface area contributed by atoms with Crippen LogP contribution in [0.5, 0.6) is 5.75 Å². The van der Waals surface area contributed by atoms with Crippen LogP contribution in [-0.2, 0) is 16.0 Å². The van der Waals surface area contributed by atoms with Crippen molar-refractivity contribution < 1.29 is 33.2 Å². The van der Waals surface area contributed by atoms with E-state index in [1.165, 1.54) is 4.90 Å². The van der Waals surface area contributed by atoms with Crippen LogP contribution in [0, 0.1) is 12.3 Å². The average molecular weight is 682 g/mol. The molecule has 1 atom stereocenters. The first-order valence-corrected chi connectivity index (χ1v) is 17.6. The highest BCUT2D eigenvalue weighted by Crippen LogP contribution is 2.38. The Morgan fingerprint density at radius 2 is 1.76 bits per heavy atom. The van der Waals surface area contributed by atoms with Gasteiger partial charge in [-0.1, -0.05) is 30.6 Å². The first kappa shape index (κ1) is 37.7. The van der Waals surface area contributed by atoms with E-state index in [0.717, 1.165) is 32.1 Å². The van der Waals surface area contributed by atoms with Crippen molar-refractivity contribution in [1.82, 2.24) is 24.8 Å². The molecule has 0 radical (unpaired) electrons. The van der Waals surface area contributed by atoms with E-state index >= 15 is 0 Å². The second kappa shape index (κ2) is 16.1. The van der Waals surface area contributed by atoms with Crippen molar-refractivity contribution in [2.24, 2.45) is 5.41 Å². The zero-order valence-electron chi connectivity index (χ0n) is 30.7. The molecule has 0 aliphatic carbocycles. The standard InChI is InChI=1S/C37H55N5O7/c1-9-28-31(26(2)49-38-28)34(45)40(7)22-14-16-29-33(44)39(6)21-13-12-18-37(19-23-42(24-20-37)35(46)48-36(3,4)5)25-47-30-17-11-10-15-27(30)32(43)41(29)8/h10-11,15,17,29H,9,12-14,16,18-25H2,1-8H3/t29-/m0/s1.